The number of ether oxygens (including phenoxy) is 1. The summed E-state index contributed by atoms with van der Waals surface area (Å²) in [6.45, 7) is 2.00. The fourth-order valence-electron chi connectivity index (χ4n) is 4.08. The van der Waals surface area contributed by atoms with Crippen LogP contribution in [0.3, 0.4) is 0 Å². The zero-order valence-corrected chi connectivity index (χ0v) is 18.5. The van der Waals surface area contributed by atoms with Gasteiger partial charge in [-0.2, -0.15) is 0 Å². The van der Waals surface area contributed by atoms with E-state index in [2.05, 4.69) is 15.5 Å². The molecule has 1 aliphatic carbocycles. The lowest BCUT2D eigenvalue weighted by Gasteiger charge is -2.17. The quantitative estimate of drug-likeness (QED) is 0.382. The standard InChI is InChI=1S/C27H25N3O3/c1-18-8-2-5-11-22(18)27-30-29-26(33-27)20-16-14-19(15-17-20)25(31)28-23-12-6-7-13-24(23)32-21-9-3-4-10-21/h2,5-8,11-17,21H,3-4,9-10H2,1H3,(H,28,31). The summed E-state index contributed by atoms with van der Waals surface area (Å²) < 4.78 is 12.0. The van der Waals surface area contributed by atoms with Crippen molar-refractivity contribution in [2.75, 3.05) is 5.32 Å². The van der Waals surface area contributed by atoms with Gasteiger partial charge in [-0.3, -0.25) is 4.79 Å². The minimum atomic E-state index is -0.199. The van der Waals surface area contributed by atoms with E-state index in [0.29, 0.717) is 28.8 Å². The molecule has 6 heteroatoms. The molecule has 1 fully saturated rings. The number of hydrogen-bond acceptors (Lipinski definition) is 5. The molecule has 4 aromatic rings. The number of amides is 1. The lowest BCUT2D eigenvalue weighted by atomic mass is 10.1. The number of carbonyl (C=O) groups excluding carboxylic acids is 1. The number of carbonyl (C=O) groups is 1. The fourth-order valence-corrected chi connectivity index (χ4v) is 4.08. The van der Waals surface area contributed by atoms with Gasteiger partial charge in [0.2, 0.25) is 11.8 Å². The molecule has 1 aliphatic rings. The van der Waals surface area contributed by atoms with Gasteiger partial charge >= 0.3 is 0 Å². The Morgan fingerprint density at radius 3 is 2.39 bits per heavy atom. The number of rotatable bonds is 6. The van der Waals surface area contributed by atoms with Gasteiger partial charge in [0.05, 0.1) is 11.8 Å². The van der Waals surface area contributed by atoms with E-state index in [1.807, 2.05) is 67.6 Å². The van der Waals surface area contributed by atoms with Crippen molar-refractivity contribution < 1.29 is 13.9 Å². The second-order valence-electron chi connectivity index (χ2n) is 8.28. The van der Waals surface area contributed by atoms with Gasteiger partial charge in [0.1, 0.15) is 5.75 Å². The van der Waals surface area contributed by atoms with E-state index in [0.717, 1.165) is 29.5 Å². The summed E-state index contributed by atoms with van der Waals surface area (Å²) in [5.41, 5.74) is 3.94. The number of hydrogen-bond donors (Lipinski definition) is 1. The van der Waals surface area contributed by atoms with E-state index in [1.165, 1.54) is 12.8 Å². The molecule has 0 aliphatic heterocycles. The third-order valence-corrected chi connectivity index (χ3v) is 5.93. The van der Waals surface area contributed by atoms with Crippen molar-refractivity contribution in [1.82, 2.24) is 10.2 Å². The Kier molecular flexibility index (Phi) is 5.89. The number of nitrogens with zero attached hydrogens (tertiary/aromatic N) is 2. The molecule has 3 aromatic carbocycles. The molecular weight excluding hydrogens is 414 g/mol. The minimum absolute atomic E-state index is 0.199. The molecule has 0 saturated heterocycles. The summed E-state index contributed by atoms with van der Waals surface area (Å²) in [4.78, 5) is 12.9. The molecule has 0 spiro atoms. The van der Waals surface area contributed by atoms with Crippen LogP contribution in [-0.4, -0.2) is 22.2 Å². The molecular formula is C27H25N3O3. The normalized spacial score (nSPS) is 13.7. The summed E-state index contributed by atoms with van der Waals surface area (Å²) in [6.07, 6.45) is 4.73. The Balaban J connectivity index is 1.30. The van der Waals surface area contributed by atoms with E-state index < -0.39 is 0 Å². The Hall–Kier alpha value is -3.93. The number of aryl methyl sites for hydroxylation is 1. The second kappa shape index (κ2) is 9.28. The van der Waals surface area contributed by atoms with Gasteiger partial charge in [0.25, 0.3) is 5.91 Å². The molecule has 0 unspecified atom stereocenters. The maximum atomic E-state index is 12.9. The van der Waals surface area contributed by atoms with Crippen LogP contribution in [0.5, 0.6) is 5.75 Å². The first-order valence-electron chi connectivity index (χ1n) is 11.2. The predicted octanol–water partition coefficient (Wildman–Crippen LogP) is 6.29. The highest BCUT2D eigenvalue weighted by atomic mass is 16.5. The monoisotopic (exact) mass is 439 g/mol. The van der Waals surface area contributed by atoms with Gasteiger partial charge in [-0.25, -0.2) is 0 Å². The van der Waals surface area contributed by atoms with E-state index >= 15 is 0 Å². The van der Waals surface area contributed by atoms with Gasteiger partial charge in [0, 0.05) is 16.7 Å². The van der Waals surface area contributed by atoms with E-state index in [1.54, 1.807) is 12.1 Å². The van der Waals surface area contributed by atoms with Crippen molar-refractivity contribution in [1.29, 1.82) is 0 Å². The molecule has 6 nitrogen and oxygen atoms in total. The molecule has 0 radical (unpaired) electrons. The summed E-state index contributed by atoms with van der Waals surface area (Å²) in [6, 6.07) is 22.6. The van der Waals surface area contributed by atoms with E-state index in [4.69, 9.17) is 9.15 Å². The summed E-state index contributed by atoms with van der Waals surface area (Å²) >= 11 is 0. The van der Waals surface area contributed by atoms with Crippen LogP contribution in [0.1, 0.15) is 41.6 Å². The maximum absolute atomic E-state index is 12.9. The zero-order valence-electron chi connectivity index (χ0n) is 18.5. The third-order valence-electron chi connectivity index (χ3n) is 5.93. The first kappa shape index (κ1) is 20.9. The number of benzene rings is 3. The van der Waals surface area contributed by atoms with Crippen molar-refractivity contribution >= 4 is 11.6 Å². The van der Waals surface area contributed by atoms with Crippen molar-refractivity contribution in [3.8, 4) is 28.7 Å². The molecule has 166 valence electrons. The summed E-state index contributed by atoms with van der Waals surface area (Å²) in [5, 5.41) is 11.3. The Morgan fingerprint density at radius 1 is 0.909 bits per heavy atom. The Bertz CT molecular complexity index is 1260. The SMILES string of the molecule is Cc1ccccc1-c1nnc(-c2ccc(C(=O)Nc3ccccc3OC3CCCC3)cc2)o1. The molecule has 1 saturated carbocycles. The maximum Gasteiger partial charge on any atom is 0.255 e. The molecule has 5 rings (SSSR count). The van der Waals surface area contributed by atoms with Crippen LogP contribution < -0.4 is 10.1 Å². The van der Waals surface area contributed by atoms with Gasteiger partial charge in [-0.15, -0.1) is 10.2 Å². The van der Waals surface area contributed by atoms with E-state index in [-0.39, 0.29) is 12.0 Å². The fraction of sp³-hybridized carbons (Fsp3) is 0.222. The Labute approximate surface area is 192 Å². The van der Waals surface area contributed by atoms with Crippen LogP contribution in [0.15, 0.2) is 77.2 Å². The lowest BCUT2D eigenvalue weighted by molar-refractivity contribution is 0.102. The van der Waals surface area contributed by atoms with E-state index in [9.17, 15) is 4.79 Å². The number of para-hydroxylation sites is 2. The average Bonchev–Trinajstić information content (AvgIpc) is 3.53. The largest absolute Gasteiger partial charge is 0.488 e. The van der Waals surface area contributed by atoms with Crippen molar-refractivity contribution in [2.45, 2.75) is 38.7 Å². The number of anilines is 1. The lowest BCUT2D eigenvalue weighted by Crippen LogP contribution is -2.16. The van der Waals surface area contributed by atoms with Crippen molar-refractivity contribution in [3.05, 3.63) is 83.9 Å². The van der Waals surface area contributed by atoms with Crippen LogP contribution in [0.4, 0.5) is 5.69 Å². The third kappa shape index (κ3) is 4.65. The first-order valence-corrected chi connectivity index (χ1v) is 11.2. The van der Waals surface area contributed by atoms with Gasteiger partial charge in [-0.05, 0) is 80.6 Å². The Morgan fingerprint density at radius 2 is 1.61 bits per heavy atom. The highest BCUT2D eigenvalue weighted by molar-refractivity contribution is 6.05. The molecule has 0 atom stereocenters. The van der Waals surface area contributed by atoms with Gasteiger partial charge in [0.15, 0.2) is 0 Å². The van der Waals surface area contributed by atoms with Crippen LogP contribution in [0.2, 0.25) is 0 Å². The first-order chi connectivity index (χ1) is 16.2. The van der Waals surface area contributed by atoms with Crippen LogP contribution >= 0.6 is 0 Å². The zero-order chi connectivity index (χ0) is 22.6. The predicted molar refractivity (Wildman–Crippen MR) is 127 cm³/mol. The van der Waals surface area contributed by atoms with Crippen LogP contribution in [-0.2, 0) is 0 Å². The molecule has 1 amide bonds. The number of nitrogens with one attached hydrogen (secondary N) is 1. The smallest absolute Gasteiger partial charge is 0.255 e. The summed E-state index contributed by atoms with van der Waals surface area (Å²) in [7, 11) is 0. The second-order valence-corrected chi connectivity index (χ2v) is 8.28. The molecule has 33 heavy (non-hydrogen) atoms. The molecule has 1 N–H and O–H groups in total. The van der Waals surface area contributed by atoms with Gasteiger partial charge < -0.3 is 14.5 Å². The van der Waals surface area contributed by atoms with Crippen molar-refractivity contribution in [2.24, 2.45) is 0 Å². The highest BCUT2D eigenvalue weighted by Crippen LogP contribution is 2.30. The van der Waals surface area contributed by atoms with Crippen molar-refractivity contribution in [3.63, 3.8) is 0 Å². The van der Waals surface area contributed by atoms with Crippen LogP contribution in [0.25, 0.3) is 22.9 Å². The number of aromatic nitrogens is 2. The van der Waals surface area contributed by atoms with Crippen LogP contribution in [0, 0.1) is 6.92 Å². The average molecular weight is 440 g/mol. The molecule has 0 bridgehead atoms. The minimum Gasteiger partial charge on any atom is -0.488 e. The molecule has 1 aromatic heterocycles. The highest BCUT2D eigenvalue weighted by Gasteiger charge is 2.19. The van der Waals surface area contributed by atoms with Gasteiger partial charge in [-0.1, -0.05) is 30.3 Å². The topological polar surface area (TPSA) is 77.2 Å². The summed E-state index contributed by atoms with van der Waals surface area (Å²) in [5.74, 6) is 1.40. The molecule has 1 heterocycles.